The topological polar surface area (TPSA) is 49.6 Å². The molecule has 9 aromatic rings. The molecule has 0 saturated heterocycles. The molecule has 0 aliphatic heterocycles. The zero-order valence-electron chi connectivity index (χ0n) is 31.0. The van der Waals surface area contributed by atoms with Crippen molar-refractivity contribution in [1.82, 2.24) is 9.97 Å². The molecule has 3 nitrogen and oxygen atoms in total. The van der Waals surface area contributed by atoms with Gasteiger partial charge in [-0.1, -0.05) is 176 Å². The van der Waals surface area contributed by atoms with Gasteiger partial charge in [0.25, 0.3) is 0 Å². The molecule has 3 heteroatoms. The van der Waals surface area contributed by atoms with E-state index in [9.17, 15) is 5.26 Å². The van der Waals surface area contributed by atoms with Crippen molar-refractivity contribution in [2.75, 3.05) is 0 Å². The second kappa shape index (κ2) is 14.2. The minimum Gasteiger partial charge on any atom is -0.228 e. The fourth-order valence-electron chi connectivity index (χ4n) is 8.55. The molecule has 1 aromatic heterocycles. The molecule has 0 spiro atoms. The zero-order valence-corrected chi connectivity index (χ0v) is 31.0. The highest BCUT2D eigenvalue weighted by Crippen LogP contribution is 2.57. The summed E-state index contributed by atoms with van der Waals surface area (Å²) >= 11 is 0. The van der Waals surface area contributed by atoms with E-state index in [4.69, 9.17) is 9.97 Å². The van der Waals surface area contributed by atoms with E-state index in [1.807, 2.05) is 30.3 Å². The zero-order chi connectivity index (χ0) is 38.2. The van der Waals surface area contributed by atoms with Gasteiger partial charge in [-0.05, 0) is 92.0 Å². The van der Waals surface area contributed by atoms with Crippen LogP contribution in [0.5, 0.6) is 0 Å². The monoisotopic (exact) mass is 725 g/mol. The Hall–Kier alpha value is -7.67. The van der Waals surface area contributed by atoms with E-state index in [1.54, 1.807) is 0 Å². The Kier molecular flexibility index (Phi) is 8.43. The molecule has 0 radical (unpaired) electrons. The molecule has 10 rings (SSSR count). The summed E-state index contributed by atoms with van der Waals surface area (Å²) in [5.74, 6) is 0.679. The van der Waals surface area contributed by atoms with Crippen molar-refractivity contribution in [2.45, 2.75) is 5.41 Å². The van der Waals surface area contributed by atoms with Crippen LogP contribution in [0.25, 0.3) is 67.3 Å². The molecule has 0 fully saturated rings. The molecule has 0 amide bonds. The summed E-state index contributed by atoms with van der Waals surface area (Å²) in [5.41, 5.74) is 16.2. The van der Waals surface area contributed by atoms with Crippen LogP contribution in [-0.2, 0) is 5.41 Å². The number of hydrogen-bond acceptors (Lipinski definition) is 3. The largest absolute Gasteiger partial charge is 0.228 e. The fraction of sp³-hybridized carbons (Fsp3) is 0.0185. The summed E-state index contributed by atoms with van der Waals surface area (Å²) < 4.78 is 0. The Balaban J connectivity index is 1.12. The number of hydrogen-bond donors (Lipinski definition) is 0. The summed E-state index contributed by atoms with van der Waals surface area (Å²) in [4.78, 5) is 10.3. The molecular formula is C54H35N3. The van der Waals surface area contributed by atoms with Crippen LogP contribution in [0.15, 0.2) is 212 Å². The minimum absolute atomic E-state index is 0.580. The first-order chi connectivity index (χ1) is 28.2. The lowest BCUT2D eigenvalue weighted by Crippen LogP contribution is -2.28. The first-order valence-corrected chi connectivity index (χ1v) is 19.2. The van der Waals surface area contributed by atoms with Gasteiger partial charge < -0.3 is 0 Å². The summed E-state index contributed by atoms with van der Waals surface area (Å²) in [6.45, 7) is 0. The van der Waals surface area contributed by atoms with Gasteiger partial charge in [0.05, 0.1) is 28.4 Å². The predicted octanol–water partition coefficient (Wildman–Crippen LogP) is 13.0. The Morgan fingerprint density at radius 1 is 0.351 bits per heavy atom. The highest BCUT2D eigenvalue weighted by molar-refractivity contribution is 5.90. The number of rotatable bonds is 7. The van der Waals surface area contributed by atoms with Crippen molar-refractivity contribution in [3.63, 3.8) is 0 Å². The number of aromatic nitrogens is 2. The van der Waals surface area contributed by atoms with Crippen molar-refractivity contribution in [3.05, 3.63) is 240 Å². The Labute approximate surface area is 332 Å². The average Bonchev–Trinajstić information content (AvgIpc) is 3.59. The van der Waals surface area contributed by atoms with Crippen LogP contribution in [0.1, 0.15) is 27.8 Å². The molecule has 0 atom stereocenters. The maximum atomic E-state index is 10.1. The normalized spacial score (nSPS) is 12.3. The van der Waals surface area contributed by atoms with Crippen molar-refractivity contribution in [2.24, 2.45) is 0 Å². The molecule has 0 N–H and O–H groups in total. The van der Waals surface area contributed by atoms with Crippen molar-refractivity contribution in [3.8, 4) is 73.4 Å². The van der Waals surface area contributed by atoms with E-state index >= 15 is 0 Å². The van der Waals surface area contributed by atoms with Gasteiger partial charge in [0.1, 0.15) is 0 Å². The highest BCUT2D eigenvalue weighted by Gasteiger charge is 2.46. The lowest BCUT2D eigenvalue weighted by atomic mass is 9.67. The molecule has 1 aliphatic rings. The molecule has 266 valence electrons. The molecule has 1 aliphatic carbocycles. The Bertz CT molecular complexity index is 2910. The molecule has 0 saturated carbocycles. The van der Waals surface area contributed by atoms with Gasteiger partial charge in [-0.3, -0.25) is 0 Å². The van der Waals surface area contributed by atoms with Gasteiger partial charge in [-0.25, -0.2) is 9.97 Å². The summed E-state index contributed by atoms with van der Waals surface area (Å²) in [5, 5.41) is 10.1. The molecule has 1 heterocycles. The summed E-state index contributed by atoms with van der Waals surface area (Å²) in [6.07, 6.45) is 0. The number of nitrogens with zero attached hydrogens (tertiary/aromatic N) is 3. The van der Waals surface area contributed by atoms with E-state index < -0.39 is 5.41 Å². The second-order valence-electron chi connectivity index (χ2n) is 14.5. The van der Waals surface area contributed by atoms with E-state index in [0.717, 1.165) is 61.5 Å². The third kappa shape index (κ3) is 5.92. The minimum atomic E-state index is -0.580. The average molecular weight is 726 g/mol. The lowest BCUT2D eigenvalue weighted by Gasteiger charge is -2.34. The Morgan fingerprint density at radius 3 is 1.51 bits per heavy atom. The third-order valence-corrected chi connectivity index (χ3v) is 11.2. The van der Waals surface area contributed by atoms with Gasteiger partial charge in [-0.15, -0.1) is 0 Å². The maximum absolute atomic E-state index is 10.1. The van der Waals surface area contributed by atoms with Crippen LogP contribution in [0.2, 0.25) is 0 Å². The van der Waals surface area contributed by atoms with Crippen molar-refractivity contribution >= 4 is 0 Å². The summed E-state index contributed by atoms with van der Waals surface area (Å²) in [7, 11) is 0. The van der Waals surface area contributed by atoms with Gasteiger partial charge in [-0.2, -0.15) is 5.26 Å². The van der Waals surface area contributed by atoms with Crippen LogP contribution in [0, 0.1) is 11.3 Å². The van der Waals surface area contributed by atoms with E-state index in [0.29, 0.717) is 11.4 Å². The standard InChI is InChI=1S/C54H35N3/c55-36-37-27-29-47-48-34-42(28-30-49(48)54(50(47)31-37,45-23-9-3-10-24-45)46-25-11-4-12-26-46)41-20-13-21-43(32-41)52-35-51(39-17-7-2-8-18-39)56-53(57-52)44-22-14-19-40(33-44)38-15-5-1-6-16-38/h1-35H. The van der Waals surface area contributed by atoms with Crippen LogP contribution in [0.3, 0.4) is 0 Å². The predicted molar refractivity (Wildman–Crippen MR) is 231 cm³/mol. The van der Waals surface area contributed by atoms with Crippen molar-refractivity contribution in [1.29, 1.82) is 5.26 Å². The SMILES string of the molecule is N#Cc1ccc2c(c1)C(c1ccccc1)(c1ccccc1)c1ccc(-c3cccc(-c4cc(-c5ccccc5)nc(-c5cccc(-c6ccccc6)c5)n4)c3)cc1-2. The van der Waals surface area contributed by atoms with Gasteiger partial charge in [0.15, 0.2) is 5.82 Å². The molecule has 57 heavy (non-hydrogen) atoms. The van der Waals surface area contributed by atoms with Gasteiger partial charge in [0, 0.05) is 16.7 Å². The van der Waals surface area contributed by atoms with Crippen LogP contribution < -0.4 is 0 Å². The van der Waals surface area contributed by atoms with E-state index in [-0.39, 0.29) is 0 Å². The molecule has 0 unspecified atom stereocenters. The quantitative estimate of drug-likeness (QED) is 0.164. The van der Waals surface area contributed by atoms with Crippen LogP contribution >= 0.6 is 0 Å². The molecule has 0 bridgehead atoms. The third-order valence-electron chi connectivity index (χ3n) is 11.2. The second-order valence-corrected chi connectivity index (χ2v) is 14.5. The number of nitriles is 1. The lowest BCUT2D eigenvalue weighted by molar-refractivity contribution is 0.768. The smallest absolute Gasteiger partial charge is 0.160 e. The first kappa shape index (κ1) is 33.9. The summed E-state index contributed by atoms with van der Waals surface area (Å²) in [6, 6.07) is 76.7. The van der Waals surface area contributed by atoms with Crippen molar-refractivity contribution < 1.29 is 0 Å². The van der Waals surface area contributed by atoms with E-state index in [2.05, 4.69) is 188 Å². The van der Waals surface area contributed by atoms with E-state index in [1.165, 1.54) is 22.3 Å². The number of fused-ring (bicyclic) bond motifs is 3. The highest BCUT2D eigenvalue weighted by atomic mass is 14.9. The maximum Gasteiger partial charge on any atom is 0.160 e. The molecular weight excluding hydrogens is 691 g/mol. The van der Waals surface area contributed by atoms with Crippen LogP contribution in [0.4, 0.5) is 0 Å². The van der Waals surface area contributed by atoms with Gasteiger partial charge >= 0.3 is 0 Å². The first-order valence-electron chi connectivity index (χ1n) is 19.2. The van der Waals surface area contributed by atoms with Crippen LogP contribution in [-0.4, -0.2) is 9.97 Å². The van der Waals surface area contributed by atoms with Gasteiger partial charge in [0.2, 0.25) is 0 Å². The molecule has 8 aromatic carbocycles. The fourth-order valence-corrected chi connectivity index (χ4v) is 8.55. The Morgan fingerprint density at radius 2 is 0.860 bits per heavy atom. The number of benzene rings is 8.